The summed E-state index contributed by atoms with van der Waals surface area (Å²) in [4.78, 5) is 27.1. The predicted molar refractivity (Wildman–Crippen MR) is 99.3 cm³/mol. The lowest BCUT2D eigenvalue weighted by molar-refractivity contribution is -0.380. The first-order valence-electron chi connectivity index (χ1n) is 7.57. The van der Waals surface area contributed by atoms with E-state index in [0.29, 0.717) is 17.8 Å². The van der Waals surface area contributed by atoms with Crippen LogP contribution in [0, 0.1) is 17.0 Å². The molecule has 3 aromatic rings. The number of aryl methyl sites for hydroxylation is 1. The fraction of sp³-hybridized carbons (Fsp3) is 0.176. The Morgan fingerprint density at radius 3 is 2.68 bits per heavy atom. The van der Waals surface area contributed by atoms with Gasteiger partial charge in [0.15, 0.2) is 0 Å². The van der Waals surface area contributed by atoms with E-state index in [4.69, 9.17) is 0 Å². The van der Waals surface area contributed by atoms with Crippen molar-refractivity contribution in [2.45, 2.75) is 13.3 Å². The van der Waals surface area contributed by atoms with Gasteiger partial charge in [0, 0.05) is 30.0 Å². The molecular weight excluding hydrogens is 358 g/mol. The van der Waals surface area contributed by atoms with Gasteiger partial charge in [0.1, 0.15) is 5.01 Å². The molecule has 0 saturated carbocycles. The number of amides is 1. The molecule has 0 fully saturated rings. The van der Waals surface area contributed by atoms with Gasteiger partial charge in [-0.2, -0.15) is 0 Å². The topological polar surface area (TPSA) is 85.1 Å². The molecule has 6 nitrogen and oxygen atoms in total. The van der Waals surface area contributed by atoms with Crippen molar-refractivity contribution < 1.29 is 9.72 Å². The average molecular weight is 373 g/mol. The lowest BCUT2D eigenvalue weighted by Gasteiger charge is -2.01. The molecule has 0 atom stereocenters. The number of hydrogen-bond acceptors (Lipinski definition) is 6. The molecule has 3 rings (SSSR count). The van der Waals surface area contributed by atoms with Gasteiger partial charge in [-0.25, -0.2) is 4.98 Å². The maximum absolute atomic E-state index is 12.0. The van der Waals surface area contributed by atoms with Crippen LogP contribution in [0.15, 0.2) is 41.8 Å². The Labute approximate surface area is 152 Å². The molecule has 2 aromatic heterocycles. The Morgan fingerprint density at radius 1 is 1.24 bits per heavy atom. The van der Waals surface area contributed by atoms with Crippen LogP contribution in [0.3, 0.4) is 0 Å². The van der Waals surface area contributed by atoms with E-state index >= 15 is 0 Å². The van der Waals surface area contributed by atoms with Crippen LogP contribution in [0.2, 0.25) is 0 Å². The third-order valence-corrected chi connectivity index (χ3v) is 5.49. The summed E-state index contributed by atoms with van der Waals surface area (Å²) in [6, 6.07) is 11.0. The van der Waals surface area contributed by atoms with E-state index in [9.17, 15) is 14.9 Å². The van der Waals surface area contributed by atoms with Crippen molar-refractivity contribution in [2.75, 3.05) is 6.54 Å². The van der Waals surface area contributed by atoms with Crippen LogP contribution in [-0.4, -0.2) is 22.4 Å². The van der Waals surface area contributed by atoms with Crippen LogP contribution in [0.4, 0.5) is 5.00 Å². The number of nitro groups is 1. The molecule has 1 amide bonds. The first-order chi connectivity index (χ1) is 12.0. The maximum atomic E-state index is 12.0. The van der Waals surface area contributed by atoms with Gasteiger partial charge >= 0.3 is 5.00 Å². The Kier molecular flexibility index (Phi) is 5.20. The summed E-state index contributed by atoms with van der Waals surface area (Å²) in [5, 5.41) is 16.3. The largest absolute Gasteiger partial charge is 0.351 e. The fourth-order valence-electron chi connectivity index (χ4n) is 2.19. The van der Waals surface area contributed by atoms with Gasteiger partial charge in [-0.3, -0.25) is 14.9 Å². The Bertz CT molecular complexity index is 900. The second-order valence-electron chi connectivity index (χ2n) is 5.41. The predicted octanol–water partition coefficient (Wildman–Crippen LogP) is 4.06. The third-order valence-electron chi connectivity index (χ3n) is 3.51. The van der Waals surface area contributed by atoms with Crippen molar-refractivity contribution in [2.24, 2.45) is 0 Å². The van der Waals surface area contributed by atoms with Crippen LogP contribution >= 0.6 is 22.7 Å². The number of benzene rings is 1. The molecule has 0 spiro atoms. The van der Waals surface area contributed by atoms with E-state index in [2.05, 4.69) is 22.4 Å². The minimum absolute atomic E-state index is 0.0348. The van der Waals surface area contributed by atoms with E-state index < -0.39 is 4.92 Å². The minimum atomic E-state index is -0.497. The highest BCUT2D eigenvalue weighted by atomic mass is 32.1. The number of carbonyl (C=O) groups excluding carboxylic acids is 1. The summed E-state index contributed by atoms with van der Waals surface area (Å²) in [6.45, 7) is 2.48. The van der Waals surface area contributed by atoms with E-state index in [1.807, 2.05) is 24.4 Å². The lowest BCUT2D eigenvalue weighted by atomic mass is 10.2. The van der Waals surface area contributed by atoms with E-state index in [-0.39, 0.29) is 10.9 Å². The van der Waals surface area contributed by atoms with Crippen molar-refractivity contribution in [1.29, 1.82) is 0 Å². The summed E-state index contributed by atoms with van der Waals surface area (Å²) in [6.07, 6.45) is 0.613. The molecule has 1 aromatic carbocycles. The molecular formula is C17H15N3O3S2. The smallest absolute Gasteiger partial charge is 0.324 e. The van der Waals surface area contributed by atoms with Crippen molar-refractivity contribution >= 4 is 33.6 Å². The SMILES string of the molecule is Cc1ccc(-c2nc(CCNC(=O)c3ccc([N+](=O)[O-])s3)cs2)cc1. The molecule has 0 unspecified atom stereocenters. The summed E-state index contributed by atoms with van der Waals surface area (Å²) < 4.78 is 0. The van der Waals surface area contributed by atoms with Crippen molar-refractivity contribution in [3.05, 3.63) is 68.0 Å². The van der Waals surface area contributed by atoms with Gasteiger partial charge in [0.2, 0.25) is 0 Å². The van der Waals surface area contributed by atoms with Crippen molar-refractivity contribution in [1.82, 2.24) is 10.3 Å². The van der Waals surface area contributed by atoms with Gasteiger partial charge in [-0.15, -0.1) is 11.3 Å². The first kappa shape index (κ1) is 17.2. The molecule has 1 N–H and O–H groups in total. The zero-order valence-corrected chi connectivity index (χ0v) is 15.0. The first-order valence-corrected chi connectivity index (χ1v) is 9.26. The van der Waals surface area contributed by atoms with Gasteiger partial charge in [0.25, 0.3) is 5.91 Å². The van der Waals surface area contributed by atoms with Crippen LogP contribution in [-0.2, 0) is 6.42 Å². The Balaban J connectivity index is 1.54. The highest BCUT2D eigenvalue weighted by Gasteiger charge is 2.15. The molecule has 128 valence electrons. The molecule has 25 heavy (non-hydrogen) atoms. The van der Waals surface area contributed by atoms with Gasteiger partial charge in [-0.1, -0.05) is 41.2 Å². The monoisotopic (exact) mass is 373 g/mol. The molecule has 0 radical (unpaired) electrons. The van der Waals surface area contributed by atoms with Crippen LogP contribution < -0.4 is 5.32 Å². The zero-order chi connectivity index (χ0) is 17.8. The van der Waals surface area contributed by atoms with E-state index in [0.717, 1.165) is 27.6 Å². The summed E-state index contributed by atoms with van der Waals surface area (Å²) in [5.41, 5.74) is 3.20. The normalized spacial score (nSPS) is 10.6. The highest BCUT2D eigenvalue weighted by Crippen LogP contribution is 2.25. The number of aromatic nitrogens is 1. The second kappa shape index (κ2) is 7.54. The number of thiophene rings is 1. The van der Waals surface area contributed by atoms with Crippen molar-refractivity contribution in [3.63, 3.8) is 0 Å². The number of rotatable bonds is 6. The molecule has 8 heteroatoms. The fourth-order valence-corrected chi connectivity index (χ4v) is 3.79. The van der Waals surface area contributed by atoms with Gasteiger partial charge in [-0.05, 0) is 13.0 Å². The number of thiazole rings is 1. The molecule has 0 aliphatic carbocycles. The van der Waals surface area contributed by atoms with E-state index in [1.54, 1.807) is 11.3 Å². The van der Waals surface area contributed by atoms with Crippen LogP contribution in [0.25, 0.3) is 10.6 Å². The standard InChI is InChI=1S/C17H15N3O3S2/c1-11-2-4-12(5-3-11)17-19-13(10-24-17)8-9-18-16(21)14-6-7-15(25-14)20(22)23/h2-7,10H,8-9H2,1H3,(H,18,21). The third kappa shape index (κ3) is 4.28. The van der Waals surface area contributed by atoms with Crippen LogP contribution in [0.5, 0.6) is 0 Å². The summed E-state index contributed by atoms with van der Waals surface area (Å²) in [5.74, 6) is -0.299. The zero-order valence-electron chi connectivity index (χ0n) is 13.4. The van der Waals surface area contributed by atoms with Gasteiger partial charge in [0.05, 0.1) is 15.5 Å². The number of nitrogens with one attached hydrogen (secondary N) is 1. The molecule has 0 saturated heterocycles. The average Bonchev–Trinajstić information content (AvgIpc) is 3.25. The summed E-state index contributed by atoms with van der Waals surface area (Å²) >= 11 is 2.45. The number of hydrogen-bond donors (Lipinski definition) is 1. The highest BCUT2D eigenvalue weighted by molar-refractivity contribution is 7.17. The van der Waals surface area contributed by atoms with Crippen LogP contribution in [0.1, 0.15) is 20.9 Å². The second-order valence-corrected chi connectivity index (χ2v) is 7.33. The lowest BCUT2D eigenvalue weighted by Crippen LogP contribution is -2.24. The maximum Gasteiger partial charge on any atom is 0.324 e. The molecule has 0 aliphatic rings. The van der Waals surface area contributed by atoms with E-state index in [1.165, 1.54) is 17.7 Å². The van der Waals surface area contributed by atoms with Crippen molar-refractivity contribution in [3.8, 4) is 10.6 Å². The summed E-state index contributed by atoms with van der Waals surface area (Å²) in [7, 11) is 0. The number of carbonyl (C=O) groups is 1. The Hall–Kier alpha value is -2.58. The molecule has 2 heterocycles. The quantitative estimate of drug-likeness (QED) is 0.521. The number of nitrogens with zero attached hydrogens (tertiary/aromatic N) is 2. The minimum Gasteiger partial charge on any atom is -0.351 e. The van der Waals surface area contributed by atoms with Gasteiger partial charge < -0.3 is 5.32 Å². The molecule has 0 bridgehead atoms. The Morgan fingerprint density at radius 2 is 2.00 bits per heavy atom. The molecule has 0 aliphatic heterocycles.